The molecule has 2 N–H and O–H groups in total. The Hall–Kier alpha value is -2.44. The monoisotopic (exact) mass is 326 g/mol. The number of carbonyl (C=O) groups excluding carboxylic acids is 1. The maximum absolute atomic E-state index is 12.2. The maximum Gasteiger partial charge on any atom is 0.266 e. The lowest BCUT2D eigenvalue weighted by Gasteiger charge is -1.94. The van der Waals surface area contributed by atoms with Crippen LogP contribution in [0.25, 0.3) is 22.6 Å². The van der Waals surface area contributed by atoms with Crippen molar-refractivity contribution < 1.29 is 9.21 Å². The number of H-pyrrole nitrogens is 1. The zero-order valence-corrected chi connectivity index (χ0v) is 13.2. The van der Waals surface area contributed by atoms with E-state index in [1.54, 1.807) is 6.26 Å². The highest BCUT2D eigenvalue weighted by Crippen LogP contribution is 2.17. The van der Waals surface area contributed by atoms with Gasteiger partial charge in [0.1, 0.15) is 10.2 Å². The molecular formula is C17H14N2O3S. The molecule has 2 aromatic heterocycles. The molecule has 3 aromatic rings. The molecule has 1 fully saturated rings. The van der Waals surface area contributed by atoms with Gasteiger partial charge in [0.2, 0.25) is 0 Å². The summed E-state index contributed by atoms with van der Waals surface area (Å²) in [5.41, 5.74) is 2.23. The van der Waals surface area contributed by atoms with Crippen LogP contribution in [0.4, 0.5) is 0 Å². The van der Waals surface area contributed by atoms with E-state index in [1.165, 1.54) is 11.3 Å². The molecule has 1 atom stereocenters. The van der Waals surface area contributed by atoms with Gasteiger partial charge in [0.05, 0.1) is 16.8 Å². The highest BCUT2D eigenvalue weighted by atomic mass is 32.1. The molecule has 1 saturated heterocycles. The lowest BCUT2D eigenvalue weighted by Crippen LogP contribution is -2.22. The summed E-state index contributed by atoms with van der Waals surface area (Å²) in [5.74, 6) is 0.0499. The average molecular weight is 326 g/mol. The predicted molar refractivity (Wildman–Crippen MR) is 89.9 cm³/mol. The van der Waals surface area contributed by atoms with Crippen LogP contribution in [-0.4, -0.2) is 23.4 Å². The van der Waals surface area contributed by atoms with Gasteiger partial charge in [-0.25, -0.2) is 0 Å². The number of carbonyl (C=O) groups is 1. The van der Waals surface area contributed by atoms with Crippen LogP contribution in [0.5, 0.6) is 0 Å². The minimum absolute atomic E-state index is 0.0499. The fourth-order valence-electron chi connectivity index (χ4n) is 2.69. The van der Waals surface area contributed by atoms with E-state index in [2.05, 4.69) is 10.3 Å². The maximum atomic E-state index is 12.2. The third-order valence-corrected chi connectivity index (χ3v) is 5.06. The second kappa shape index (κ2) is 5.33. The molecule has 0 amide bonds. The van der Waals surface area contributed by atoms with Gasteiger partial charge in [-0.3, -0.25) is 9.59 Å². The van der Waals surface area contributed by atoms with Crippen LogP contribution in [0, 0.1) is 0 Å². The van der Waals surface area contributed by atoms with Gasteiger partial charge in [0, 0.05) is 17.5 Å². The minimum atomic E-state index is -0.188. The number of fused-ring (bicyclic) bond motifs is 1. The number of ketones is 1. The first-order valence-electron chi connectivity index (χ1n) is 7.31. The number of hydrogen-bond donors (Lipinski definition) is 2. The van der Waals surface area contributed by atoms with Gasteiger partial charge in [-0.1, -0.05) is 6.07 Å². The normalized spacial score (nSPS) is 21.5. The van der Waals surface area contributed by atoms with E-state index < -0.39 is 0 Å². The zero-order valence-electron chi connectivity index (χ0n) is 12.4. The van der Waals surface area contributed by atoms with Crippen LogP contribution in [0.1, 0.15) is 12.5 Å². The Balaban J connectivity index is 1.85. The van der Waals surface area contributed by atoms with Crippen LogP contribution in [0.3, 0.4) is 0 Å². The molecule has 4 rings (SSSR count). The zero-order chi connectivity index (χ0) is 16.0. The van der Waals surface area contributed by atoms with Gasteiger partial charge in [0.15, 0.2) is 5.78 Å². The van der Waals surface area contributed by atoms with Gasteiger partial charge in [-0.05, 0) is 36.8 Å². The van der Waals surface area contributed by atoms with Crippen molar-refractivity contribution in [2.45, 2.75) is 13.0 Å². The fraction of sp³-hybridized carbons (Fsp3) is 0.176. The smallest absolute Gasteiger partial charge is 0.266 e. The van der Waals surface area contributed by atoms with Gasteiger partial charge < -0.3 is 14.7 Å². The standard InChI is InChI=1S/C17H14N2O3S/c1-9-15(20)12(8-18-9)17-19-16(21)14(23-17)7-10-2-3-13-11(6-10)4-5-22-13/h2-7,9,18H,8H2,1H3,(H,19,21)/b14-7-,17-12+. The quantitative estimate of drug-likeness (QED) is 0.691. The third kappa shape index (κ3) is 2.46. The molecule has 1 aliphatic heterocycles. The van der Waals surface area contributed by atoms with Crippen molar-refractivity contribution in [2.24, 2.45) is 0 Å². The first-order chi connectivity index (χ1) is 11.1. The molecule has 0 radical (unpaired) electrons. The summed E-state index contributed by atoms with van der Waals surface area (Å²) in [4.78, 5) is 27.0. The van der Waals surface area contributed by atoms with Crippen molar-refractivity contribution in [3.8, 4) is 0 Å². The van der Waals surface area contributed by atoms with Crippen molar-refractivity contribution in [3.63, 3.8) is 0 Å². The van der Waals surface area contributed by atoms with Crippen molar-refractivity contribution in [2.75, 3.05) is 6.54 Å². The number of furan rings is 1. The highest BCUT2D eigenvalue weighted by molar-refractivity contribution is 7.07. The Labute approximate surface area is 135 Å². The molecule has 0 bridgehead atoms. The minimum Gasteiger partial charge on any atom is -0.464 e. The SMILES string of the molecule is CC1NC/C(=c2/[nH]c(=O)/c(=C/c3ccc4occc4c3)s2)C1=O. The average Bonchev–Trinajstić information content (AvgIpc) is 3.21. The Morgan fingerprint density at radius 1 is 1.30 bits per heavy atom. The van der Waals surface area contributed by atoms with E-state index in [1.807, 2.05) is 37.3 Å². The molecule has 116 valence electrons. The van der Waals surface area contributed by atoms with Crippen LogP contribution < -0.4 is 20.1 Å². The molecule has 1 unspecified atom stereocenters. The van der Waals surface area contributed by atoms with Gasteiger partial charge >= 0.3 is 0 Å². The molecule has 3 heterocycles. The van der Waals surface area contributed by atoms with Crippen molar-refractivity contribution >= 4 is 39.7 Å². The van der Waals surface area contributed by atoms with Crippen molar-refractivity contribution in [1.82, 2.24) is 10.3 Å². The first-order valence-corrected chi connectivity index (χ1v) is 8.12. The number of thiazole rings is 1. The summed E-state index contributed by atoms with van der Waals surface area (Å²) in [6.45, 7) is 2.32. The molecule has 0 aliphatic carbocycles. The number of aromatic amines is 1. The van der Waals surface area contributed by atoms with Gasteiger partial charge in [0.25, 0.3) is 5.56 Å². The molecule has 1 aromatic carbocycles. The summed E-state index contributed by atoms with van der Waals surface area (Å²) in [6, 6.07) is 7.45. The summed E-state index contributed by atoms with van der Waals surface area (Å²) < 4.78 is 6.54. The Kier molecular flexibility index (Phi) is 3.28. The Morgan fingerprint density at radius 2 is 2.17 bits per heavy atom. The molecule has 6 heteroatoms. The molecule has 0 saturated carbocycles. The summed E-state index contributed by atoms with van der Waals surface area (Å²) >= 11 is 1.32. The third-order valence-electron chi connectivity index (χ3n) is 3.99. The molecule has 5 nitrogen and oxygen atoms in total. The Bertz CT molecular complexity index is 1090. The van der Waals surface area contributed by atoms with Crippen molar-refractivity contribution in [3.05, 3.63) is 55.6 Å². The van der Waals surface area contributed by atoms with Gasteiger partial charge in [-0.15, -0.1) is 11.3 Å². The lowest BCUT2D eigenvalue weighted by molar-refractivity contribution is -0.114. The molecule has 0 spiro atoms. The van der Waals surface area contributed by atoms with Crippen LogP contribution in [0.2, 0.25) is 0 Å². The number of Topliss-reactive ketones (excluding diaryl/α,β-unsaturated/α-hetero) is 1. The topological polar surface area (TPSA) is 75.1 Å². The predicted octanol–water partition coefficient (Wildman–Crippen LogP) is 0.723. The molecule has 1 aliphatic rings. The highest BCUT2D eigenvalue weighted by Gasteiger charge is 2.25. The van der Waals surface area contributed by atoms with E-state index >= 15 is 0 Å². The fourth-order valence-corrected chi connectivity index (χ4v) is 3.69. The van der Waals surface area contributed by atoms with Crippen LogP contribution >= 0.6 is 11.3 Å². The van der Waals surface area contributed by atoms with Crippen LogP contribution in [0.15, 0.2) is 39.7 Å². The number of benzene rings is 1. The van der Waals surface area contributed by atoms with Crippen molar-refractivity contribution in [1.29, 1.82) is 0 Å². The second-order valence-electron chi connectivity index (χ2n) is 5.56. The van der Waals surface area contributed by atoms with E-state index in [0.29, 0.717) is 21.3 Å². The number of nitrogens with one attached hydrogen (secondary N) is 2. The van der Waals surface area contributed by atoms with E-state index in [-0.39, 0.29) is 17.4 Å². The number of aromatic nitrogens is 1. The lowest BCUT2D eigenvalue weighted by atomic mass is 10.1. The Morgan fingerprint density at radius 3 is 2.96 bits per heavy atom. The summed E-state index contributed by atoms with van der Waals surface area (Å²) in [7, 11) is 0. The van der Waals surface area contributed by atoms with Crippen LogP contribution in [-0.2, 0) is 4.79 Å². The second-order valence-corrected chi connectivity index (χ2v) is 6.61. The van der Waals surface area contributed by atoms with E-state index in [4.69, 9.17) is 4.42 Å². The summed E-state index contributed by atoms with van der Waals surface area (Å²) in [6.07, 6.45) is 3.47. The number of hydrogen-bond acceptors (Lipinski definition) is 5. The molecular weight excluding hydrogens is 312 g/mol. The van der Waals surface area contributed by atoms with E-state index in [0.717, 1.165) is 16.5 Å². The largest absolute Gasteiger partial charge is 0.464 e. The molecule has 23 heavy (non-hydrogen) atoms. The van der Waals surface area contributed by atoms with Gasteiger partial charge in [-0.2, -0.15) is 0 Å². The number of rotatable bonds is 1. The summed E-state index contributed by atoms with van der Waals surface area (Å²) in [5, 5.41) is 4.08. The first kappa shape index (κ1) is 14.2. The van der Waals surface area contributed by atoms with E-state index in [9.17, 15) is 9.59 Å².